The number of hydrogen-bond donors (Lipinski definition) is 0. The lowest BCUT2D eigenvalue weighted by atomic mass is 10.1. The molecule has 0 unspecified atom stereocenters. The van der Waals surface area contributed by atoms with E-state index in [0.717, 1.165) is 27.7 Å². The third-order valence-corrected chi connectivity index (χ3v) is 4.28. The first-order chi connectivity index (χ1) is 9.70. The third kappa shape index (κ3) is 2.08. The van der Waals surface area contributed by atoms with Gasteiger partial charge in [0.15, 0.2) is 0 Å². The van der Waals surface area contributed by atoms with Crippen molar-refractivity contribution in [3.8, 4) is 11.3 Å². The van der Waals surface area contributed by atoms with Crippen molar-refractivity contribution in [2.24, 2.45) is 0 Å². The van der Waals surface area contributed by atoms with Crippen molar-refractivity contribution < 1.29 is 9.53 Å². The van der Waals surface area contributed by atoms with Gasteiger partial charge >= 0.3 is 5.97 Å². The zero-order valence-electron chi connectivity index (χ0n) is 11.2. The standard InChI is InChI=1S/C16H13NO2S/c1-10-9-20-15(16(18)19-2)14(10)13-8-7-11-5-3-4-6-12(11)17-13/h3-9H,1-2H3. The van der Waals surface area contributed by atoms with Crippen molar-refractivity contribution in [1.82, 2.24) is 4.98 Å². The summed E-state index contributed by atoms with van der Waals surface area (Å²) in [6, 6.07) is 11.9. The minimum absolute atomic E-state index is 0.312. The summed E-state index contributed by atoms with van der Waals surface area (Å²) in [4.78, 5) is 17.1. The van der Waals surface area contributed by atoms with Gasteiger partial charge in [0, 0.05) is 10.9 Å². The van der Waals surface area contributed by atoms with Gasteiger partial charge < -0.3 is 4.74 Å². The molecule has 0 aliphatic heterocycles. The summed E-state index contributed by atoms with van der Waals surface area (Å²) in [5.41, 5.74) is 3.64. The fourth-order valence-electron chi connectivity index (χ4n) is 2.21. The molecule has 2 heterocycles. The van der Waals surface area contributed by atoms with Crippen LogP contribution in [0.1, 0.15) is 15.2 Å². The molecule has 3 aromatic rings. The molecule has 0 saturated heterocycles. The molecule has 0 radical (unpaired) electrons. The van der Waals surface area contributed by atoms with Crippen LogP contribution in [0.3, 0.4) is 0 Å². The quantitative estimate of drug-likeness (QED) is 0.666. The Morgan fingerprint density at radius 2 is 2.00 bits per heavy atom. The number of thiophene rings is 1. The van der Waals surface area contributed by atoms with Crippen LogP contribution in [-0.2, 0) is 4.74 Å². The molecule has 1 aromatic carbocycles. The van der Waals surface area contributed by atoms with Gasteiger partial charge in [0.2, 0.25) is 0 Å². The van der Waals surface area contributed by atoms with Crippen LogP contribution in [0.15, 0.2) is 41.8 Å². The second kappa shape index (κ2) is 5.06. The number of pyridine rings is 1. The van der Waals surface area contributed by atoms with Gasteiger partial charge in [0.05, 0.1) is 18.3 Å². The van der Waals surface area contributed by atoms with Gasteiger partial charge in [-0.25, -0.2) is 9.78 Å². The number of rotatable bonds is 2. The summed E-state index contributed by atoms with van der Waals surface area (Å²) in [5, 5.41) is 3.04. The largest absolute Gasteiger partial charge is 0.465 e. The molecule has 20 heavy (non-hydrogen) atoms. The molecule has 0 aliphatic rings. The highest BCUT2D eigenvalue weighted by molar-refractivity contribution is 7.12. The van der Waals surface area contributed by atoms with E-state index in [1.54, 1.807) is 0 Å². The van der Waals surface area contributed by atoms with Gasteiger partial charge in [-0.2, -0.15) is 0 Å². The number of nitrogens with zero attached hydrogens (tertiary/aromatic N) is 1. The minimum Gasteiger partial charge on any atom is -0.465 e. The zero-order chi connectivity index (χ0) is 14.1. The Hall–Kier alpha value is -2.20. The van der Waals surface area contributed by atoms with Crippen LogP contribution in [0.5, 0.6) is 0 Å². The number of para-hydroxylation sites is 1. The molecule has 2 aromatic heterocycles. The monoisotopic (exact) mass is 283 g/mol. The number of ether oxygens (including phenoxy) is 1. The van der Waals surface area contributed by atoms with Gasteiger partial charge in [0.25, 0.3) is 0 Å². The summed E-state index contributed by atoms with van der Waals surface area (Å²) < 4.78 is 4.84. The van der Waals surface area contributed by atoms with Crippen molar-refractivity contribution in [2.45, 2.75) is 6.92 Å². The van der Waals surface area contributed by atoms with Crippen LogP contribution in [0.2, 0.25) is 0 Å². The Bertz CT molecular complexity index is 792. The highest BCUT2D eigenvalue weighted by Crippen LogP contribution is 2.32. The number of benzene rings is 1. The predicted octanol–water partition coefficient (Wildman–Crippen LogP) is 4.06. The van der Waals surface area contributed by atoms with E-state index >= 15 is 0 Å². The van der Waals surface area contributed by atoms with Gasteiger partial charge in [-0.05, 0) is 30.0 Å². The third-order valence-electron chi connectivity index (χ3n) is 3.20. The molecular weight excluding hydrogens is 270 g/mol. The second-order valence-corrected chi connectivity index (χ2v) is 5.38. The molecule has 0 atom stereocenters. The molecular formula is C16H13NO2S. The van der Waals surface area contributed by atoms with Gasteiger partial charge in [-0.15, -0.1) is 11.3 Å². The highest BCUT2D eigenvalue weighted by Gasteiger charge is 2.19. The van der Waals surface area contributed by atoms with Crippen LogP contribution in [0.25, 0.3) is 22.2 Å². The number of hydrogen-bond acceptors (Lipinski definition) is 4. The summed E-state index contributed by atoms with van der Waals surface area (Å²) in [6.07, 6.45) is 0. The highest BCUT2D eigenvalue weighted by atomic mass is 32.1. The summed E-state index contributed by atoms with van der Waals surface area (Å²) >= 11 is 1.39. The van der Waals surface area contributed by atoms with E-state index in [1.807, 2.05) is 48.7 Å². The maximum atomic E-state index is 11.8. The molecule has 0 N–H and O–H groups in total. The Morgan fingerprint density at radius 1 is 1.20 bits per heavy atom. The van der Waals surface area contributed by atoms with E-state index in [0.29, 0.717) is 4.88 Å². The normalized spacial score (nSPS) is 10.7. The summed E-state index contributed by atoms with van der Waals surface area (Å²) in [6.45, 7) is 1.98. The van der Waals surface area contributed by atoms with Crippen molar-refractivity contribution in [3.05, 3.63) is 52.2 Å². The number of methoxy groups -OCH3 is 1. The Balaban J connectivity index is 2.20. The maximum absolute atomic E-state index is 11.8. The molecule has 0 amide bonds. The average Bonchev–Trinajstić information content (AvgIpc) is 2.87. The van der Waals surface area contributed by atoms with Crippen LogP contribution in [0, 0.1) is 6.92 Å². The van der Waals surface area contributed by atoms with E-state index in [2.05, 4.69) is 4.98 Å². The molecule has 0 saturated carbocycles. The fourth-order valence-corrected chi connectivity index (χ4v) is 3.19. The van der Waals surface area contributed by atoms with E-state index in [9.17, 15) is 4.79 Å². The Kier molecular flexibility index (Phi) is 3.24. The first kappa shape index (κ1) is 12.8. The number of aromatic nitrogens is 1. The van der Waals surface area contributed by atoms with Crippen LogP contribution in [0.4, 0.5) is 0 Å². The molecule has 3 rings (SSSR count). The number of fused-ring (bicyclic) bond motifs is 1. The lowest BCUT2D eigenvalue weighted by molar-refractivity contribution is 0.0607. The molecule has 100 valence electrons. The zero-order valence-corrected chi connectivity index (χ0v) is 12.0. The van der Waals surface area contributed by atoms with E-state index < -0.39 is 0 Å². The first-order valence-electron chi connectivity index (χ1n) is 6.23. The number of aryl methyl sites for hydroxylation is 1. The van der Waals surface area contributed by atoms with Gasteiger partial charge in [-0.1, -0.05) is 24.3 Å². The fraction of sp³-hybridized carbons (Fsp3) is 0.125. The van der Waals surface area contributed by atoms with Crippen molar-refractivity contribution >= 4 is 28.2 Å². The minimum atomic E-state index is -0.312. The van der Waals surface area contributed by atoms with Gasteiger partial charge in [0.1, 0.15) is 4.88 Å². The number of carbonyl (C=O) groups is 1. The van der Waals surface area contributed by atoms with Crippen LogP contribution >= 0.6 is 11.3 Å². The topological polar surface area (TPSA) is 39.2 Å². The first-order valence-corrected chi connectivity index (χ1v) is 7.11. The van der Waals surface area contributed by atoms with Crippen molar-refractivity contribution in [1.29, 1.82) is 0 Å². The SMILES string of the molecule is COC(=O)c1scc(C)c1-c1ccc2ccccc2n1. The molecule has 0 fully saturated rings. The Morgan fingerprint density at radius 3 is 2.80 bits per heavy atom. The molecule has 0 spiro atoms. The molecule has 0 bridgehead atoms. The lowest BCUT2D eigenvalue weighted by Gasteiger charge is -2.05. The molecule has 0 aliphatic carbocycles. The molecule has 4 heteroatoms. The smallest absolute Gasteiger partial charge is 0.348 e. The number of carbonyl (C=O) groups excluding carboxylic acids is 1. The summed E-state index contributed by atoms with van der Waals surface area (Å²) in [7, 11) is 1.40. The second-order valence-electron chi connectivity index (χ2n) is 4.50. The van der Waals surface area contributed by atoms with Crippen molar-refractivity contribution in [2.75, 3.05) is 7.11 Å². The van der Waals surface area contributed by atoms with E-state index in [4.69, 9.17) is 4.74 Å². The summed E-state index contributed by atoms with van der Waals surface area (Å²) in [5.74, 6) is -0.312. The Labute approximate surface area is 120 Å². The van der Waals surface area contributed by atoms with E-state index in [-0.39, 0.29) is 5.97 Å². The van der Waals surface area contributed by atoms with E-state index in [1.165, 1.54) is 18.4 Å². The predicted molar refractivity (Wildman–Crippen MR) is 81.1 cm³/mol. The van der Waals surface area contributed by atoms with Crippen LogP contribution < -0.4 is 0 Å². The average molecular weight is 283 g/mol. The van der Waals surface area contributed by atoms with Gasteiger partial charge in [-0.3, -0.25) is 0 Å². The lowest BCUT2D eigenvalue weighted by Crippen LogP contribution is -2.01. The number of esters is 1. The maximum Gasteiger partial charge on any atom is 0.348 e. The molecule has 3 nitrogen and oxygen atoms in total. The van der Waals surface area contributed by atoms with Crippen LogP contribution in [-0.4, -0.2) is 18.1 Å². The van der Waals surface area contributed by atoms with Crippen molar-refractivity contribution in [3.63, 3.8) is 0 Å².